The molecular weight excluding hydrogens is 432 g/mol. The van der Waals surface area contributed by atoms with E-state index in [-0.39, 0.29) is 35.4 Å². The maximum absolute atomic E-state index is 13.2. The van der Waals surface area contributed by atoms with Crippen molar-refractivity contribution in [2.24, 2.45) is 34.5 Å². The number of ether oxygens (including phenoxy) is 2. The molecule has 0 aromatic rings. The number of esters is 1. The van der Waals surface area contributed by atoms with Crippen LogP contribution in [0.1, 0.15) is 66.2 Å². The van der Waals surface area contributed by atoms with Crippen molar-refractivity contribution in [2.45, 2.75) is 90.3 Å². The first-order chi connectivity index (χ1) is 16.0. The van der Waals surface area contributed by atoms with Crippen LogP contribution < -0.4 is 0 Å². The van der Waals surface area contributed by atoms with Gasteiger partial charge in [0.1, 0.15) is 11.7 Å². The fourth-order valence-electron chi connectivity index (χ4n) is 9.11. The summed E-state index contributed by atoms with van der Waals surface area (Å²) in [7, 11) is 0. The van der Waals surface area contributed by atoms with Gasteiger partial charge in [0.15, 0.2) is 12.1 Å². The lowest BCUT2D eigenvalue weighted by molar-refractivity contribution is -0.218. The SMILES string of the molecule is CC1=C(C)C(=O)O[C@@H]([C@]2(C)OC(O)[C@]34CC[C@H]5[C@@H]([C@H](O)C=C6CC=CC(=O)[C@@]65C)[C@@H]3CC[C@H]24)C1. The van der Waals surface area contributed by atoms with E-state index in [0.717, 1.165) is 36.8 Å². The molecule has 1 unspecified atom stereocenters. The molecular formula is C28H36O6. The maximum atomic E-state index is 13.2. The topological polar surface area (TPSA) is 93.1 Å². The van der Waals surface area contributed by atoms with Crippen molar-refractivity contribution in [2.75, 3.05) is 0 Å². The predicted molar refractivity (Wildman–Crippen MR) is 124 cm³/mol. The van der Waals surface area contributed by atoms with Crippen molar-refractivity contribution < 1.29 is 29.3 Å². The Hall–Kier alpha value is -1.76. The first-order valence-corrected chi connectivity index (χ1v) is 12.9. The summed E-state index contributed by atoms with van der Waals surface area (Å²) >= 11 is 0. The second kappa shape index (κ2) is 7.14. The van der Waals surface area contributed by atoms with Crippen molar-refractivity contribution >= 4 is 11.8 Å². The predicted octanol–water partition coefficient (Wildman–Crippen LogP) is 3.62. The summed E-state index contributed by atoms with van der Waals surface area (Å²) in [5.74, 6) is -0.136. The molecule has 2 heterocycles. The van der Waals surface area contributed by atoms with Crippen LogP contribution in [0.2, 0.25) is 0 Å². The second-order valence-corrected chi connectivity index (χ2v) is 12.1. The lowest BCUT2D eigenvalue weighted by atomic mass is 9.46. The molecule has 1 saturated heterocycles. The molecule has 2 aliphatic heterocycles. The highest BCUT2D eigenvalue weighted by atomic mass is 16.6. The zero-order chi connectivity index (χ0) is 24.2. The zero-order valence-electron chi connectivity index (χ0n) is 20.5. The van der Waals surface area contributed by atoms with E-state index in [0.29, 0.717) is 18.4 Å². The smallest absolute Gasteiger partial charge is 0.334 e. The van der Waals surface area contributed by atoms with Crippen LogP contribution in [0.5, 0.6) is 0 Å². The highest BCUT2D eigenvalue weighted by molar-refractivity contribution is 5.98. The molecule has 2 N–H and O–H groups in total. The van der Waals surface area contributed by atoms with Gasteiger partial charge in [0, 0.05) is 23.3 Å². The molecule has 2 saturated carbocycles. The third-order valence-electron chi connectivity index (χ3n) is 11.1. The Labute approximate surface area is 201 Å². The third kappa shape index (κ3) is 2.57. The Balaban J connectivity index is 1.38. The summed E-state index contributed by atoms with van der Waals surface area (Å²) in [5, 5.41) is 22.9. The number of aliphatic hydroxyl groups excluding tert-OH is 2. The summed E-state index contributed by atoms with van der Waals surface area (Å²) in [6, 6.07) is 0. The van der Waals surface area contributed by atoms with Crippen LogP contribution in [0, 0.1) is 34.5 Å². The van der Waals surface area contributed by atoms with Gasteiger partial charge in [-0.25, -0.2) is 4.79 Å². The van der Waals surface area contributed by atoms with Crippen LogP contribution in [0.25, 0.3) is 0 Å². The standard InChI is InChI=1S/C28H36O6/c1-14-12-22(33-24(31)15(14)2)27(4)20-9-8-18-23-17(10-11-28(18,20)25(32)34-27)26(3)16(13-19(23)29)6-5-7-21(26)30/h5,7,13,17-20,22-23,25,29,32H,6,8-12H2,1-4H3/t17-,18-,19+,20+,22+,23+,25?,26-,27+,28+/m0/s1. The first-order valence-electron chi connectivity index (χ1n) is 12.9. The molecule has 0 bridgehead atoms. The number of carbonyl (C=O) groups is 2. The van der Waals surface area contributed by atoms with Gasteiger partial charge < -0.3 is 19.7 Å². The minimum absolute atomic E-state index is 0.0253. The number of allylic oxidation sites excluding steroid dienone is 3. The Kier molecular flexibility index (Phi) is 4.77. The fourth-order valence-corrected chi connectivity index (χ4v) is 9.11. The minimum atomic E-state index is -0.978. The number of rotatable bonds is 1. The van der Waals surface area contributed by atoms with Gasteiger partial charge >= 0.3 is 5.97 Å². The summed E-state index contributed by atoms with van der Waals surface area (Å²) in [6.45, 7) is 7.82. The van der Waals surface area contributed by atoms with E-state index >= 15 is 0 Å². The van der Waals surface area contributed by atoms with E-state index in [1.807, 2.05) is 26.0 Å². The molecule has 0 radical (unpaired) electrons. The molecule has 184 valence electrons. The monoisotopic (exact) mass is 468 g/mol. The van der Waals surface area contributed by atoms with Gasteiger partial charge in [0.25, 0.3) is 0 Å². The molecule has 3 fully saturated rings. The lowest BCUT2D eigenvalue weighted by Gasteiger charge is -2.57. The van der Waals surface area contributed by atoms with Gasteiger partial charge in [0.05, 0.1) is 11.5 Å². The zero-order valence-corrected chi connectivity index (χ0v) is 20.5. The molecule has 0 aromatic carbocycles. The molecule has 6 rings (SSSR count). The van der Waals surface area contributed by atoms with E-state index in [1.165, 1.54) is 0 Å². The Morgan fingerprint density at radius 2 is 1.82 bits per heavy atom. The van der Waals surface area contributed by atoms with Gasteiger partial charge in [-0.2, -0.15) is 0 Å². The van der Waals surface area contributed by atoms with Crippen molar-refractivity contribution in [1.82, 2.24) is 0 Å². The van der Waals surface area contributed by atoms with Crippen molar-refractivity contribution in [1.29, 1.82) is 0 Å². The number of hydrogen-bond acceptors (Lipinski definition) is 6. The van der Waals surface area contributed by atoms with E-state index in [2.05, 4.69) is 6.92 Å². The molecule has 4 aliphatic carbocycles. The highest BCUT2D eigenvalue weighted by Crippen LogP contribution is 2.71. The minimum Gasteiger partial charge on any atom is -0.456 e. The molecule has 10 atom stereocenters. The maximum Gasteiger partial charge on any atom is 0.334 e. The summed E-state index contributed by atoms with van der Waals surface area (Å²) in [6.07, 6.45) is 8.06. The summed E-state index contributed by atoms with van der Waals surface area (Å²) in [5.41, 5.74) is 0.848. The van der Waals surface area contributed by atoms with Gasteiger partial charge in [-0.3, -0.25) is 4.79 Å². The number of hydrogen-bond donors (Lipinski definition) is 2. The van der Waals surface area contributed by atoms with Gasteiger partial charge in [-0.05, 0) is 83.6 Å². The molecule has 0 amide bonds. The van der Waals surface area contributed by atoms with Crippen LogP contribution in [-0.2, 0) is 19.1 Å². The second-order valence-electron chi connectivity index (χ2n) is 12.1. The Morgan fingerprint density at radius 1 is 1.06 bits per heavy atom. The van der Waals surface area contributed by atoms with E-state index in [4.69, 9.17) is 9.47 Å². The third-order valence-corrected chi connectivity index (χ3v) is 11.1. The van der Waals surface area contributed by atoms with Crippen LogP contribution in [-0.4, -0.2) is 46.1 Å². The van der Waals surface area contributed by atoms with Crippen molar-refractivity contribution in [3.63, 3.8) is 0 Å². The average molecular weight is 469 g/mol. The summed E-state index contributed by atoms with van der Waals surface area (Å²) < 4.78 is 12.3. The van der Waals surface area contributed by atoms with Crippen LogP contribution in [0.4, 0.5) is 0 Å². The number of ketones is 1. The highest BCUT2D eigenvalue weighted by Gasteiger charge is 2.73. The first kappa shape index (κ1) is 22.7. The van der Waals surface area contributed by atoms with Gasteiger partial charge in [-0.15, -0.1) is 0 Å². The van der Waals surface area contributed by atoms with E-state index in [9.17, 15) is 19.8 Å². The normalized spacial score (nSPS) is 51.9. The van der Waals surface area contributed by atoms with E-state index < -0.39 is 34.9 Å². The molecule has 6 heteroatoms. The molecule has 34 heavy (non-hydrogen) atoms. The molecule has 0 aromatic heterocycles. The number of fused-ring (bicyclic) bond motifs is 4. The van der Waals surface area contributed by atoms with E-state index in [1.54, 1.807) is 13.0 Å². The average Bonchev–Trinajstić information content (AvgIpc) is 3.29. The Bertz CT molecular complexity index is 1060. The molecule has 6 nitrogen and oxygen atoms in total. The quantitative estimate of drug-likeness (QED) is 0.451. The number of cyclic esters (lactones) is 1. The van der Waals surface area contributed by atoms with Crippen LogP contribution >= 0.6 is 0 Å². The van der Waals surface area contributed by atoms with Crippen molar-refractivity contribution in [3.8, 4) is 0 Å². The van der Waals surface area contributed by atoms with Crippen molar-refractivity contribution in [3.05, 3.63) is 34.9 Å². The molecule has 1 spiro atoms. The fraction of sp³-hybridized carbons (Fsp3) is 0.714. The largest absolute Gasteiger partial charge is 0.456 e. The number of carbonyl (C=O) groups excluding carboxylic acids is 2. The van der Waals surface area contributed by atoms with Gasteiger partial charge in [0.2, 0.25) is 0 Å². The van der Waals surface area contributed by atoms with Gasteiger partial charge in [-0.1, -0.05) is 23.3 Å². The Morgan fingerprint density at radius 3 is 2.56 bits per heavy atom. The number of aliphatic hydroxyl groups is 2. The molecule has 6 aliphatic rings. The van der Waals surface area contributed by atoms with Crippen LogP contribution in [0.3, 0.4) is 0 Å². The summed E-state index contributed by atoms with van der Waals surface area (Å²) in [4.78, 5) is 25.7. The van der Waals surface area contributed by atoms with Crippen LogP contribution in [0.15, 0.2) is 34.9 Å². The lowest BCUT2D eigenvalue weighted by Crippen LogP contribution is -2.58.